The Morgan fingerprint density at radius 2 is 1.78 bits per heavy atom. The molecule has 2 aromatic carbocycles. The van der Waals surface area contributed by atoms with Crippen molar-refractivity contribution in [2.75, 3.05) is 19.6 Å². The molecule has 1 saturated heterocycles. The Hall–Kier alpha value is -2.38. The van der Waals surface area contributed by atoms with Gasteiger partial charge in [0.15, 0.2) is 0 Å². The molecule has 0 aromatic heterocycles. The molecule has 2 N–H and O–H groups in total. The molecular weight excluding hydrogens is 364 g/mol. The molecule has 3 rings (SSSR count). The fraction of sp³-hybridized carbons (Fsp3) is 0.350. The number of nitrogens with one attached hydrogen (secondary N) is 1. The lowest BCUT2D eigenvalue weighted by Crippen LogP contribution is -2.43. The minimum Gasteiger partial charge on any atom is -0.508 e. The minimum absolute atomic E-state index is 0.0353. The van der Waals surface area contributed by atoms with Gasteiger partial charge in [0.25, 0.3) is 0 Å². The van der Waals surface area contributed by atoms with Crippen molar-refractivity contribution in [2.24, 2.45) is 5.92 Å². The summed E-state index contributed by atoms with van der Waals surface area (Å²) in [6.45, 7) is 1.19. The third-order valence-corrected chi connectivity index (χ3v) is 6.74. The van der Waals surface area contributed by atoms with Crippen LogP contribution < -0.4 is 5.32 Å². The van der Waals surface area contributed by atoms with Crippen LogP contribution >= 0.6 is 0 Å². The summed E-state index contributed by atoms with van der Waals surface area (Å²) < 4.78 is 26.7. The monoisotopic (exact) mass is 388 g/mol. The van der Waals surface area contributed by atoms with E-state index in [0.29, 0.717) is 43.8 Å². The van der Waals surface area contributed by atoms with E-state index in [9.17, 15) is 18.3 Å². The number of hydrogen-bond donors (Lipinski definition) is 2. The summed E-state index contributed by atoms with van der Waals surface area (Å²) >= 11 is 0. The molecule has 1 aliphatic rings. The van der Waals surface area contributed by atoms with Gasteiger partial charge >= 0.3 is 0 Å². The standard InChI is InChI=1S/C20H24N2O4S/c23-18-6-4-5-16(15-18)9-12-21-20(24)17-10-13-22(14-11-17)27(25,26)19-7-2-1-3-8-19/h1-8,15,17,23H,9-14H2,(H,21,24). The van der Waals surface area contributed by atoms with E-state index in [0.717, 1.165) is 5.56 Å². The predicted octanol–water partition coefficient (Wildman–Crippen LogP) is 2.15. The largest absolute Gasteiger partial charge is 0.508 e. The summed E-state index contributed by atoms with van der Waals surface area (Å²) in [5.74, 6) is 0.00846. The van der Waals surface area contributed by atoms with Gasteiger partial charge in [0.1, 0.15) is 5.75 Å². The van der Waals surface area contributed by atoms with Crippen molar-refractivity contribution >= 4 is 15.9 Å². The second kappa shape index (κ2) is 8.54. The first kappa shape index (κ1) is 19.4. The van der Waals surface area contributed by atoms with E-state index in [1.165, 1.54) is 4.31 Å². The van der Waals surface area contributed by atoms with E-state index in [-0.39, 0.29) is 17.6 Å². The highest BCUT2D eigenvalue weighted by atomic mass is 32.2. The summed E-state index contributed by atoms with van der Waals surface area (Å²) in [6, 6.07) is 15.4. The SMILES string of the molecule is O=C(NCCc1cccc(O)c1)C1CCN(S(=O)(=O)c2ccccc2)CC1. The number of amides is 1. The fourth-order valence-corrected chi connectivity index (χ4v) is 4.78. The van der Waals surface area contributed by atoms with Crippen LogP contribution in [0.25, 0.3) is 0 Å². The summed E-state index contributed by atoms with van der Waals surface area (Å²) in [4.78, 5) is 12.6. The van der Waals surface area contributed by atoms with E-state index in [1.54, 1.807) is 48.5 Å². The van der Waals surface area contributed by atoms with Crippen LogP contribution in [0, 0.1) is 5.92 Å². The predicted molar refractivity (Wildman–Crippen MR) is 103 cm³/mol. The van der Waals surface area contributed by atoms with E-state index < -0.39 is 10.0 Å². The van der Waals surface area contributed by atoms with Gasteiger partial charge in [-0.15, -0.1) is 0 Å². The second-order valence-electron chi connectivity index (χ2n) is 6.70. The Bertz CT molecular complexity index is 876. The molecule has 0 atom stereocenters. The number of carbonyl (C=O) groups is 1. The molecule has 0 radical (unpaired) electrons. The van der Waals surface area contributed by atoms with Crippen molar-refractivity contribution < 1.29 is 18.3 Å². The van der Waals surface area contributed by atoms with Crippen LogP contribution in [-0.4, -0.2) is 43.4 Å². The Labute approximate surface area is 159 Å². The van der Waals surface area contributed by atoms with Crippen LogP contribution in [0.5, 0.6) is 5.75 Å². The highest BCUT2D eigenvalue weighted by Crippen LogP contribution is 2.23. The highest BCUT2D eigenvalue weighted by molar-refractivity contribution is 7.89. The van der Waals surface area contributed by atoms with Crippen LogP contribution in [0.4, 0.5) is 0 Å². The molecule has 144 valence electrons. The normalized spacial score (nSPS) is 16.1. The van der Waals surface area contributed by atoms with E-state index in [4.69, 9.17) is 0 Å². The summed E-state index contributed by atoms with van der Waals surface area (Å²) in [7, 11) is -3.49. The lowest BCUT2D eigenvalue weighted by Gasteiger charge is -2.30. The molecule has 0 aliphatic carbocycles. The van der Waals surface area contributed by atoms with Crippen LogP contribution in [0.3, 0.4) is 0 Å². The molecule has 1 aliphatic heterocycles. The van der Waals surface area contributed by atoms with E-state index >= 15 is 0 Å². The molecule has 0 spiro atoms. The zero-order valence-electron chi connectivity index (χ0n) is 15.0. The fourth-order valence-electron chi connectivity index (χ4n) is 3.29. The summed E-state index contributed by atoms with van der Waals surface area (Å²) in [5.41, 5.74) is 0.957. The zero-order valence-corrected chi connectivity index (χ0v) is 15.9. The number of phenols is 1. The first-order valence-corrected chi connectivity index (χ1v) is 10.5. The Morgan fingerprint density at radius 3 is 2.44 bits per heavy atom. The van der Waals surface area contributed by atoms with Crippen molar-refractivity contribution in [3.63, 3.8) is 0 Å². The molecule has 0 bridgehead atoms. The number of aromatic hydroxyl groups is 1. The molecule has 0 saturated carbocycles. The molecule has 1 heterocycles. The number of phenolic OH excluding ortho intramolecular Hbond substituents is 1. The van der Waals surface area contributed by atoms with Gasteiger partial charge in [-0.2, -0.15) is 4.31 Å². The Kier molecular flexibility index (Phi) is 6.13. The first-order valence-electron chi connectivity index (χ1n) is 9.07. The molecule has 27 heavy (non-hydrogen) atoms. The molecule has 2 aromatic rings. The second-order valence-corrected chi connectivity index (χ2v) is 8.64. The van der Waals surface area contributed by atoms with Crippen molar-refractivity contribution in [2.45, 2.75) is 24.2 Å². The molecule has 1 fully saturated rings. The van der Waals surface area contributed by atoms with E-state index in [2.05, 4.69) is 5.32 Å². The van der Waals surface area contributed by atoms with Gasteiger partial charge in [-0.05, 0) is 49.1 Å². The topological polar surface area (TPSA) is 86.7 Å². The average molecular weight is 388 g/mol. The van der Waals surface area contributed by atoms with Crippen LogP contribution in [0.2, 0.25) is 0 Å². The van der Waals surface area contributed by atoms with E-state index in [1.807, 2.05) is 6.07 Å². The van der Waals surface area contributed by atoms with Gasteiger partial charge in [0.05, 0.1) is 4.90 Å². The maximum Gasteiger partial charge on any atom is 0.243 e. The number of sulfonamides is 1. The molecule has 7 heteroatoms. The lowest BCUT2D eigenvalue weighted by molar-refractivity contribution is -0.126. The molecular formula is C20H24N2O4S. The number of nitrogens with zero attached hydrogens (tertiary/aromatic N) is 1. The Morgan fingerprint density at radius 1 is 1.07 bits per heavy atom. The third-order valence-electron chi connectivity index (χ3n) is 4.83. The quantitative estimate of drug-likeness (QED) is 0.794. The van der Waals surface area contributed by atoms with Crippen molar-refractivity contribution in [1.29, 1.82) is 0 Å². The third kappa shape index (κ3) is 4.87. The average Bonchev–Trinajstić information content (AvgIpc) is 2.69. The minimum atomic E-state index is -3.49. The van der Waals surface area contributed by atoms with Gasteiger partial charge in [-0.1, -0.05) is 30.3 Å². The van der Waals surface area contributed by atoms with Crippen molar-refractivity contribution in [3.05, 3.63) is 60.2 Å². The number of carbonyl (C=O) groups excluding carboxylic acids is 1. The number of rotatable bonds is 6. The highest BCUT2D eigenvalue weighted by Gasteiger charge is 2.31. The van der Waals surface area contributed by atoms with Crippen LogP contribution in [0.15, 0.2) is 59.5 Å². The smallest absolute Gasteiger partial charge is 0.243 e. The molecule has 1 amide bonds. The van der Waals surface area contributed by atoms with Gasteiger partial charge < -0.3 is 10.4 Å². The number of hydrogen-bond acceptors (Lipinski definition) is 4. The summed E-state index contributed by atoms with van der Waals surface area (Å²) in [6.07, 6.45) is 1.68. The number of benzene rings is 2. The van der Waals surface area contributed by atoms with Crippen molar-refractivity contribution in [1.82, 2.24) is 9.62 Å². The molecule has 0 unspecified atom stereocenters. The molecule has 6 nitrogen and oxygen atoms in total. The maximum atomic E-state index is 12.6. The number of piperidine rings is 1. The lowest BCUT2D eigenvalue weighted by atomic mass is 9.97. The van der Waals surface area contributed by atoms with Gasteiger partial charge in [-0.25, -0.2) is 8.42 Å². The van der Waals surface area contributed by atoms with Gasteiger partial charge in [0.2, 0.25) is 15.9 Å². The zero-order chi connectivity index (χ0) is 19.3. The first-order chi connectivity index (χ1) is 13.0. The van der Waals surface area contributed by atoms with Crippen molar-refractivity contribution in [3.8, 4) is 5.75 Å². The Balaban J connectivity index is 1.48. The van der Waals surface area contributed by atoms with Gasteiger partial charge in [0, 0.05) is 25.6 Å². The summed E-state index contributed by atoms with van der Waals surface area (Å²) in [5, 5.41) is 12.4. The van der Waals surface area contributed by atoms with Crippen LogP contribution in [-0.2, 0) is 21.2 Å². The van der Waals surface area contributed by atoms with Crippen LogP contribution in [0.1, 0.15) is 18.4 Å². The van der Waals surface area contributed by atoms with Gasteiger partial charge in [-0.3, -0.25) is 4.79 Å². The maximum absolute atomic E-state index is 12.6.